The molecule has 146 valence electrons. The number of rotatable bonds is 8. The molecule has 0 fully saturated rings. The van der Waals surface area contributed by atoms with Crippen molar-refractivity contribution in [1.29, 1.82) is 0 Å². The number of ether oxygens (including phenoxy) is 1. The van der Waals surface area contributed by atoms with Crippen LogP contribution in [0.1, 0.15) is 16.3 Å². The Labute approximate surface area is 167 Å². The van der Waals surface area contributed by atoms with Crippen molar-refractivity contribution in [2.24, 2.45) is 0 Å². The van der Waals surface area contributed by atoms with Crippen molar-refractivity contribution < 1.29 is 13.9 Å². The van der Waals surface area contributed by atoms with Crippen molar-refractivity contribution in [3.63, 3.8) is 0 Å². The van der Waals surface area contributed by atoms with E-state index in [9.17, 15) is 4.79 Å². The number of amides is 1. The van der Waals surface area contributed by atoms with Crippen LogP contribution < -0.4 is 15.4 Å². The van der Waals surface area contributed by atoms with Gasteiger partial charge in [-0.3, -0.25) is 4.79 Å². The van der Waals surface area contributed by atoms with Gasteiger partial charge in [0.2, 0.25) is 5.95 Å². The van der Waals surface area contributed by atoms with E-state index in [1.165, 1.54) is 0 Å². The van der Waals surface area contributed by atoms with Crippen LogP contribution in [0.3, 0.4) is 0 Å². The molecule has 29 heavy (non-hydrogen) atoms. The average molecular weight is 388 g/mol. The molecular formula is C22H20N4O3. The molecule has 0 atom stereocenters. The number of aromatic nitrogens is 2. The molecule has 0 aliphatic rings. The van der Waals surface area contributed by atoms with E-state index in [0.29, 0.717) is 24.8 Å². The van der Waals surface area contributed by atoms with E-state index in [1.54, 1.807) is 30.6 Å². The highest BCUT2D eigenvalue weighted by molar-refractivity contribution is 5.91. The van der Waals surface area contributed by atoms with E-state index in [1.807, 2.05) is 36.4 Å². The van der Waals surface area contributed by atoms with Gasteiger partial charge in [-0.2, -0.15) is 0 Å². The monoisotopic (exact) mass is 388 g/mol. The SMILES string of the molecule is O=C(NCCNc1ncccn1)c1ccc(COc2ccc3ccccc3c2)o1. The van der Waals surface area contributed by atoms with Crippen LogP contribution in [-0.2, 0) is 6.61 Å². The Hall–Kier alpha value is -3.87. The molecule has 0 saturated heterocycles. The van der Waals surface area contributed by atoms with Crippen molar-refractivity contribution in [1.82, 2.24) is 15.3 Å². The molecule has 2 aromatic heterocycles. The standard InChI is InChI=1S/C22H20N4O3/c27-21(23-12-13-26-22-24-10-3-11-25-22)20-9-8-19(29-20)15-28-18-7-6-16-4-1-2-5-17(16)14-18/h1-11,14H,12-13,15H2,(H,23,27)(H,24,25,26). The molecule has 0 spiro atoms. The van der Waals surface area contributed by atoms with Gasteiger partial charge in [-0.25, -0.2) is 9.97 Å². The topological polar surface area (TPSA) is 89.3 Å². The normalized spacial score (nSPS) is 10.6. The number of fused-ring (bicyclic) bond motifs is 1. The molecule has 0 aliphatic carbocycles. The molecule has 2 aromatic carbocycles. The van der Waals surface area contributed by atoms with Crippen molar-refractivity contribution in [3.8, 4) is 5.75 Å². The fourth-order valence-electron chi connectivity index (χ4n) is 2.82. The van der Waals surface area contributed by atoms with E-state index in [-0.39, 0.29) is 18.3 Å². The van der Waals surface area contributed by atoms with Crippen LogP contribution in [0.4, 0.5) is 5.95 Å². The van der Waals surface area contributed by atoms with Crippen LogP contribution in [0.5, 0.6) is 5.75 Å². The van der Waals surface area contributed by atoms with Gasteiger partial charge in [0.15, 0.2) is 5.76 Å². The number of furan rings is 1. The van der Waals surface area contributed by atoms with Crippen LogP contribution in [-0.4, -0.2) is 29.0 Å². The zero-order valence-electron chi connectivity index (χ0n) is 15.7. The number of nitrogens with zero attached hydrogens (tertiary/aromatic N) is 2. The van der Waals surface area contributed by atoms with E-state index in [4.69, 9.17) is 9.15 Å². The van der Waals surface area contributed by atoms with Crippen molar-refractivity contribution in [2.75, 3.05) is 18.4 Å². The summed E-state index contributed by atoms with van der Waals surface area (Å²) in [5.74, 6) is 1.82. The number of benzene rings is 2. The Kier molecular flexibility index (Phi) is 5.66. The van der Waals surface area contributed by atoms with Crippen molar-refractivity contribution in [2.45, 2.75) is 6.61 Å². The zero-order valence-corrected chi connectivity index (χ0v) is 15.7. The molecule has 0 radical (unpaired) electrons. The lowest BCUT2D eigenvalue weighted by atomic mass is 10.1. The number of nitrogens with one attached hydrogen (secondary N) is 2. The fourth-order valence-corrected chi connectivity index (χ4v) is 2.82. The van der Waals surface area contributed by atoms with E-state index >= 15 is 0 Å². The first kappa shape index (κ1) is 18.5. The van der Waals surface area contributed by atoms with Gasteiger partial charge in [-0.15, -0.1) is 0 Å². The van der Waals surface area contributed by atoms with Gasteiger partial charge >= 0.3 is 0 Å². The zero-order chi connectivity index (χ0) is 19.9. The highest BCUT2D eigenvalue weighted by Crippen LogP contribution is 2.21. The molecule has 4 aromatic rings. The second kappa shape index (κ2) is 8.88. The van der Waals surface area contributed by atoms with E-state index in [2.05, 4.69) is 26.7 Å². The maximum atomic E-state index is 12.2. The first-order valence-corrected chi connectivity index (χ1v) is 9.27. The summed E-state index contributed by atoms with van der Waals surface area (Å²) in [6, 6.07) is 19.1. The van der Waals surface area contributed by atoms with Crippen LogP contribution in [0.25, 0.3) is 10.8 Å². The van der Waals surface area contributed by atoms with Gasteiger partial charge < -0.3 is 19.8 Å². The quantitative estimate of drug-likeness (QED) is 0.448. The molecule has 0 saturated carbocycles. The lowest BCUT2D eigenvalue weighted by molar-refractivity contribution is 0.0923. The highest BCUT2D eigenvalue weighted by Gasteiger charge is 2.11. The summed E-state index contributed by atoms with van der Waals surface area (Å²) in [5.41, 5.74) is 0. The third-order valence-electron chi connectivity index (χ3n) is 4.25. The summed E-state index contributed by atoms with van der Waals surface area (Å²) in [5, 5.41) is 8.07. The minimum atomic E-state index is -0.280. The number of hydrogen-bond donors (Lipinski definition) is 2. The third kappa shape index (κ3) is 4.90. The van der Waals surface area contributed by atoms with Crippen LogP contribution >= 0.6 is 0 Å². The van der Waals surface area contributed by atoms with Crippen molar-refractivity contribution in [3.05, 3.63) is 84.6 Å². The predicted octanol–water partition coefficient (Wildman–Crippen LogP) is 3.64. The number of hydrogen-bond acceptors (Lipinski definition) is 6. The molecule has 2 heterocycles. The predicted molar refractivity (Wildman–Crippen MR) is 110 cm³/mol. The van der Waals surface area contributed by atoms with Gasteiger partial charge in [0.1, 0.15) is 18.1 Å². The summed E-state index contributed by atoms with van der Waals surface area (Å²) in [7, 11) is 0. The molecule has 4 rings (SSSR count). The lowest BCUT2D eigenvalue weighted by Gasteiger charge is -2.06. The Morgan fingerprint density at radius 1 is 0.931 bits per heavy atom. The first-order chi connectivity index (χ1) is 14.3. The highest BCUT2D eigenvalue weighted by atomic mass is 16.5. The number of anilines is 1. The van der Waals surface area contributed by atoms with Crippen LogP contribution in [0.2, 0.25) is 0 Å². The summed E-state index contributed by atoms with van der Waals surface area (Å²) in [6.07, 6.45) is 3.30. The molecule has 0 aliphatic heterocycles. The molecule has 0 bridgehead atoms. The third-order valence-corrected chi connectivity index (χ3v) is 4.25. The summed E-state index contributed by atoms with van der Waals surface area (Å²) in [4.78, 5) is 20.3. The second-order valence-electron chi connectivity index (χ2n) is 6.32. The Bertz CT molecular complexity index is 1100. The van der Waals surface area contributed by atoms with Gasteiger partial charge in [-0.05, 0) is 41.1 Å². The minimum absolute atomic E-state index is 0.248. The van der Waals surface area contributed by atoms with Crippen LogP contribution in [0.15, 0.2) is 77.5 Å². The number of carbonyl (C=O) groups is 1. The van der Waals surface area contributed by atoms with Gasteiger partial charge in [0.25, 0.3) is 5.91 Å². The maximum absolute atomic E-state index is 12.2. The maximum Gasteiger partial charge on any atom is 0.287 e. The first-order valence-electron chi connectivity index (χ1n) is 9.27. The Morgan fingerprint density at radius 2 is 1.76 bits per heavy atom. The lowest BCUT2D eigenvalue weighted by Crippen LogP contribution is -2.28. The summed E-state index contributed by atoms with van der Waals surface area (Å²) >= 11 is 0. The largest absolute Gasteiger partial charge is 0.486 e. The fraction of sp³-hybridized carbons (Fsp3) is 0.136. The van der Waals surface area contributed by atoms with Crippen molar-refractivity contribution >= 4 is 22.6 Å². The van der Waals surface area contributed by atoms with E-state index < -0.39 is 0 Å². The molecular weight excluding hydrogens is 368 g/mol. The molecule has 1 amide bonds. The Morgan fingerprint density at radius 3 is 2.62 bits per heavy atom. The molecule has 7 heteroatoms. The van der Waals surface area contributed by atoms with Gasteiger partial charge in [-0.1, -0.05) is 30.3 Å². The van der Waals surface area contributed by atoms with Gasteiger partial charge in [0.05, 0.1) is 0 Å². The Balaban J connectivity index is 1.25. The summed E-state index contributed by atoms with van der Waals surface area (Å²) in [6.45, 7) is 1.17. The smallest absolute Gasteiger partial charge is 0.287 e. The van der Waals surface area contributed by atoms with E-state index in [0.717, 1.165) is 16.5 Å². The molecule has 7 nitrogen and oxygen atoms in total. The molecule has 0 unspecified atom stereocenters. The summed E-state index contributed by atoms with van der Waals surface area (Å²) < 4.78 is 11.4. The molecule has 2 N–H and O–H groups in total. The minimum Gasteiger partial charge on any atom is -0.486 e. The van der Waals surface area contributed by atoms with Gasteiger partial charge in [0, 0.05) is 25.5 Å². The average Bonchev–Trinajstić information content (AvgIpc) is 3.25. The van der Waals surface area contributed by atoms with Crippen LogP contribution in [0, 0.1) is 0 Å². The second-order valence-corrected chi connectivity index (χ2v) is 6.32. The number of carbonyl (C=O) groups excluding carboxylic acids is 1.